The number of hydrogen-bond donors (Lipinski definition) is 1. The second-order valence-electron chi connectivity index (χ2n) is 5.64. The Morgan fingerprint density at radius 1 is 1.33 bits per heavy atom. The van der Waals surface area contributed by atoms with Gasteiger partial charge in [0, 0.05) is 19.1 Å². The molecular weight excluding hydrogens is 283 g/mol. The molecule has 1 saturated heterocycles. The Morgan fingerprint density at radius 2 is 1.95 bits per heavy atom. The Bertz CT molecular complexity index is 530. The molecule has 1 fully saturated rings. The van der Waals surface area contributed by atoms with Crippen molar-refractivity contribution in [2.45, 2.75) is 26.1 Å². The van der Waals surface area contributed by atoms with Gasteiger partial charge in [-0.15, -0.1) is 0 Å². The van der Waals surface area contributed by atoms with Crippen molar-refractivity contribution in [3.63, 3.8) is 0 Å². The van der Waals surface area contributed by atoms with Crippen LogP contribution >= 0.6 is 0 Å². The standard InChI is InChI=1S/C15H18F3NO2/c1-9-7-19(8-12(9)14(20)21)10(2)11-5-3-4-6-13(11)15(16,17)18/h3-6,9-10,12H,7-8H2,1-2H3,(H,20,21)/t9-,10?,12-/m1/s1. The molecule has 0 aromatic heterocycles. The molecule has 1 aliphatic heterocycles. The van der Waals surface area contributed by atoms with Crippen LogP contribution in [0.2, 0.25) is 0 Å². The van der Waals surface area contributed by atoms with Gasteiger partial charge in [-0.05, 0) is 24.5 Å². The number of likely N-dealkylation sites (tertiary alicyclic amines) is 1. The maximum Gasteiger partial charge on any atom is 0.416 e. The first-order chi connectivity index (χ1) is 9.71. The zero-order valence-electron chi connectivity index (χ0n) is 11.9. The van der Waals surface area contributed by atoms with Crippen LogP contribution in [0, 0.1) is 11.8 Å². The predicted molar refractivity (Wildman–Crippen MR) is 71.7 cm³/mol. The molecule has 3 atom stereocenters. The lowest BCUT2D eigenvalue weighted by Gasteiger charge is -2.27. The number of hydrogen-bond acceptors (Lipinski definition) is 2. The van der Waals surface area contributed by atoms with Gasteiger partial charge in [0.2, 0.25) is 0 Å². The Hall–Kier alpha value is -1.56. The summed E-state index contributed by atoms with van der Waals surface area (Å²) in [5.41, 5.74) is -0.452. The molecule has 1 unspecified atom stereocenters. The molecule has 1 aromatic rings. The molecular formula is C15H18F3NO2. The van der Waals surface area contributed by atoms with Gasteiger partial charge in [-0.1, -0.05) is 25.1 Å². The van der Waals surface area contributed by atoms with Crippen molar-refractivity contribution in [3.8, 4) is 0 Å². The fourth-order valence-corrected chi connectivity index (χ4v) is 2.96. The van der Waals surface area contributed by atoms with Gasteiger partial charge in [-0.25, -0.2) is 0 Å². The number of carboxylic acids is 1. The quantitative estimate of drug-likeness (QED) is 0.930. The Balaban J connectivity index is 2.26. The Kier molecular flexibility index (Phi) is 4.27. The highest BCUT2D eigenvalue weighted by Crippen LogP contribution is 2.38. The third-order valence-corrected chi connectivity index (χ3v) is 4.22. The summed E-state index contributed by atoms with van der Waals surface area (Å²) in [6, 6.07) is 5.02. The Morgan fingerprint density at radius 3 is 2.48 bits per heavy atom. The van der Waals surface area contributed by atoms with Gasteiger partial charge in [-0.2, -0.15) is 13.2 Å². The van der Waals surface area contributed by atoms with E-state index in [9.17, 15) is 18.0 Å². The minimum atomic E-state index is -4.40. The molecule has 1 N–H and O–H groups in total. The summed E-state index contributed by atoms with van der Waals surface area (Å²) in [6.45, 7) is 4.29. The Labute approximate surface area is 121 Å². The van der Waals surface area contributed by atoms with Crippen molar-refractivity contribution in [2.75, 3.05) is 13.1 Å². The minimum Gasteiger partial charge on any atom is -0.481 e. The van der Waals surface area contributed by atoms with E-state index in [0.717, 1.165) is 6.07 Å². The first-order valence-electron chi connectivity index (χ1n) is 6.84. The molecule has 116 valence electrons. The van der Waals surface area contributed by atoms with E-state index in [1.54, 1.807) is 13.0 Å². The van der Waals surface area contributed by atoms with Gasteiger partial charge in [0.1, 0.15) is 0 Å². The van der Waals surface area contributed by atoms with Gasteiger partial charge in [0.05, 0.1) is 11.5 Å². The average Bonchev–Trinajstić information content (AvgIpc) is 2.79. The largest absolute Gasteiger partial charge is 0.481 e. The molecule has 0 spiro atoms. The van der Waals surface area contributed by atoms with Crippen molar-refractivity contribution in [1.29, 1.82) is 0 Å². The third kappa shape index (κ3) is 3.20. The maximum absolute atomic E-state index is 13.1. The minimum absolute atomic E-state index is 0.0667. The molecule has 1 aromatic carbocycles. The lowest BCUT2D eigenvalue weighted by atomic mass is 9.99. The first kappa shape index (κ1) is 15.8. The van der Waals surface area contributed by atoms with Crippen LogP contribution in [0.15, 0.2) is 24.3 Å². The van der Waals surface area contributed by atoms with Crippen LogP contribution in [0.25, 0.3) is 0 Å². The van der Waals surface area contributed by atoms with E-state index >= 15 is 0 Å². The summed E-state index contributed by atoms with van der Waals surface area (Å²) in [7, 11) is 0. The number of nitrogens with zero attached hydrogens (tertiary/aromatic N) is 1. The lowest BCUT2D eigenvalue weighted by Crippen LogP contribution is -2.27. The molecule has 0 saturated carbocycles. The van der Waals surface area contributed by atoms with Crippen LogP contribution in [0.4, 0.5) is 13.2 Å². The van der Waals surface area contributed by atoms with Crippen molar-refractivity contribution in [2.24, 2.45) is 11.8 Å². The molecule has 21 heavy (non-hydrogen) atoms. The number of alkyl halides is 3. The summed E-state index contributed by atoms with van der Waals surface area (Å²) >= 11 is 0. The third-order valence-electron chi connectivity index (χ3n) is 4.22. The summed E-state index contributed by atoms with van der Waals surface area (Å²) in [4.78, 5) is 12.9. The van der Waals surface area contributed by atoms with Crippen LogP contribution in [0.3, 0.4) is 0 Å². The van der Waals surface area contributed by atoms with Crippen LogP contribution in [-0.2, 0) is 11.0 Å². The fraction of sp³-hybridized carbons (Fsp3) is 0.533. The normalized spacial score (nSPS) is 25.0. The lowest BCUT2D eigenvalue weighted by molar-refractivity contribution is -0.142. The van der Waals surface area contributed by atoms with E-state index < -0.39 is 29.7 Å². The van der Waals surface area contributed by atoms with E-state index in [2.05, 4.69) is 0 Å². The molecule has 0 bridgehead atoms. The highest BCUT2D eigenvalue weighted by molar-refractivity contribution is 5.71. The fourth-order valence-electron chi connectivity index (χ4n) is 2.96. The summed E-state index contributed by atoms with van der Waals surface area (Å²) in [5, 5.41) is 9.13. The van der Waals surface area contributed by atoms with E-state index in [1.807, 2.05) is 11.8 Å². The SMILES string of the molecule is CC(c1ccccc1C(F)(F)F)N1C[C@@H](C)[C@H](C(=O)O)C1. The first-order valence-corrected chi connectivity index (χ1v) is 6.84. The van der Waals surface area contributed by atoms with Crippen molar-refractivity contribution in [1.82, 2.24) is 4.90 Å². The zero-order chi connectivity index (χ0) is 15.8. The van der Waals surface area contributed by atoms with Gasteiger partial charge in [0.15, 0.2) is 0 Å². The number of halogens is 3. The van der Waals surface area contributed by atoms with Crippen molar-refractivity contribution < 1.29 is 23.1 Å². The molecule has 3 nitrogen and oxygen atoms in total. The molecule has 1 aliphatic rings. The van der Waals surface area contributed by atoms with E-state index in [0.29, 0.717) is 6.54 Å². The molecule has 1 heterocycles. The average molecular weight is 301 g/mol. The number of aliphatic carboxylic acids is 1. The maximum atomic E-state index is 13.1. The van der Waals surface area contributed by atoms with Gasteiger partial charge in [0.25, 0.3) is 0 Å². The van der Waals surface area contributed by atoms with Crippen LogP contribution < -0.4 is 0 Å². The van der Waals surface area contributed by atoms with Gasteiger partial charge < -0.3 is 5.11 Å². The number of carboxylic acid groups (broad SMARTS) is 1. The summed E-state index contributed by atoms with van der Waals surface area (Å²) in [6.07, 6.45) is -4.40. The molecule has 0 amide bonds. The zero-order valence-corrected chi connectivity index (χ0v) is 11.9. The predicted octanol–water partition coefficient (Wildman–Crippen LogP) is 3.42. The highest BCUT2D eigenvalue weighted by atomic mass is 19.4. The molecule has 0 radical (unpaired) electrons. The second kappa shape index (κ2) is 5.67. The van der Waals surface area contributed by atoms with Gasteiger partial charge in [-0.3, -0.25) is 9.69 Å². The molecule has 6 heteroatoms. The van der Waals surface area contributed by atoms with E-state index in [1.165, 1.54) is 12.1 Å². The number of rotatable bonds is 3. The summed E-state index contributed by atoms with van der Waals surface area (Å²) < 4.78 is 39.2. The van der Waals surface area contributed by atoms with Crippen LogP contribution in [0.5, 0.6) is 0 Å². The monoisotopic (exact) mass is 301 g/mol. The van der Waals surface area contributed by atoms with Crippen LogP contribution in [-0.4, -0.2) is 29.1 Å². The van der Waals surface area contributed by atoms with E-state index in [4.69, 9.17) is 5.11 Å². The van der Waals surface area contributed by atoms with E-state index in [-0.39, 0.29) is 18.0 Å². The second-order valence-corrected chi connectivity index (χ2v) is 5.64. The molecule has 2 rings (SSSR count). The number of benzene rings is 1. The highest BCUT2D eigenvalue weighted by Gasteiger charge is 2.40. The van der Waals surface area contributed by atoms with Crippen molar-refractivity contribution in [3.05, 3.63) is 35.4 Å². The van der Waals surface area contributed by atoms with Crippen LogP contribution in [0.1, 0.15) is 31.0 Å². The smallest absolute Gasteiger partial charge is 0.416 e. The van der Waals surface area contributed by atoms with Gasteiger partial charge >= 0.3 is 12.1 Å². The molecule has 0 aliphatic carbocycles. The van der Waals surface area contributed by atoms with Crippen molar-refractivity contribution >= 4 is 5.97 Å². The number of carbonyl (C=O) groups is 1. The summed E-state index contributed by atoms with van der Waals surface area (Å²) in [5.74, 6) is -1.48. The topological polar surface area (TPSA) is 40.5 Å².